The van der Waals surface area contributed by atoms with Gasteiger partial charge in [-0.2, -0.15) is 0 Å². The molecule has 4 rings (SSSR count). The van der Waals surface area contributed by atoms with E-state index >= 15 is 0 Å². The average molecular weight is 361 g/mol. The molecule has 27 heavy (non-hydrogen) atoms. The Morgan fingerprint density at radius 2 is 1.93 bits per heavy atom. The van der Waals surface area contributed by atoms with Crippen LogP contribution >= 0.6 is 0 Å². The van der Waals surface area contributed by atoms with Crippen molar-refractivity contribution in [3.63, 3.8) is 0 Å². The minimum atomic E-state index is 0.129. The molecule has 1 atom stereocenters. The van der Waals surface area contributed by atoms with Crippen molar-refractivity contribution in [1.82, 2.24) is 9.55 Å². The van der Waals surface area contributed by atoms with E-state index in [-0.39, 0.29) is 11.8 Å². The molecule has 1 saturated heterocycles. The summed E-state index contributed by atoms with van der Waals surface area (Å²) < 4.78 is 2.32. The van der Waals surface area contributed by atoms with Gasteiger partial charge < -0.3 is 9.47 Å². The van der Waals surface area contributed by atoms with Gasteiger partial charge in [0.1, 0.15) is 5.82 Å². The van der Waals surface area contributed by atoms with E-state index in [1.165, 1.54) is 11.1 Å². The molecule has 0 unspecified atom stereocenters. The SMILES string of the molecule is Cc1ccc(N2C[C@@H](c3nc4ccccc4n3CC(C)C)CC2=O)c(C)c1. The first-order chi connectivity index (χ1) is 12.9. The molecule has 0 spiro atoms. The molecule has 4 nitrogen and oxygen atoms in total. The molecular formula is C23H27N3O. The number of hydrogen-bond donors (Lipinski definition) is 0. The Bertz CT molecular complexity index is 1000. The van der Waals surface area contributed by atoms with Crippen molar-refractivity contribution in [3.05, 3.63) is 59.4 Å². The Kier molecular flexibility index (Phi) is 4.50. The summed E-state index contributed by atoms with van der Waals surface area (Å²) in [4.78, 5) is 19.7. The zero-order valence-electron chi connectivity index (χ0n) is 16.6. The molecule has 140 valence electrons. The van der Waals surface area contributed by atoms with Crippen molar-refractivity contribution in [2.75, 3.05) is 11.4 Å². The fraction of sp³-hybridized carbons (Fsp3) is 0.391. The largest absolute Gasteiger partial charge is 0.327 e. The second-order valence-electron chi connectivity index (χ2n) is 8.16. The van der Waals surface area contributed by atoms with Crippen LogP contribution in [0.25, 0.3) is 11.0 Å². The first kappa shape index (κ1) is 17.8. The van der Waals surface area contributed by atoms with Gasteiger partial charge in [0.05, 0.1) is 11.0 Å². The standard InChI is InChI=1S/C23H27N3O/c1-15(2)13-26-21-8-6-5-7-19(21)24-23(26)18-12-22(27)25(14-18)20-10-9-16(3)11-17(20)4/h5-11,15,18H,12-14H2,1-4H3/t18-/m0/s1. The maximum Gasteiger partial charge on any atom is 0.227 e. The zero-order valence-corrected chi connectivity index (χ0v) is 16.6. The molecule has 3 aromatic rings. The van der Waals surface area contributed by atoms with Gasteiger partial charge in [-0.25, -0.2) is 4.98 Å². The van der Waals surface area contributed by atoms with Crippen LogP contribution in [0.15, 0.2) is 42.5 Å². The average Bonchev–Trinajstić information content (AvgIpc) is 3.16. The molecule has 2 heterocycles. The number of imidazole rings is 1. The molecule has 1 aliphatic rings. The monoisotopic (exact) mass is 361 g/mol. The molecular weight excluding hydrogens is 334 g/mol. The summed E-state index contributed by atoms with van der Waals surface area (Å²) in [6.45, 7) is 10.2. The molecule has 1 aliphatic heterocycles. The van der Waals surface area contributed by atoms with E-state index in [4.69, 9.17) is 4.98 Å². The number of nitrogens with zero attached hydrogens (tertiary/aromatic N) is 3. The van der Waals surface area contributed by atoms with Crippen LogP contribution in [0.4, 0.5) is 5.69 Å². The molecule has 1 aromatic heterocycles. The Morgan fingerprint density at radius 1 is 1.15 bits per heavy atom. The van der Waals surface area contributed by atoms with Crippen LogP contribution in [-0.4, -0.2) is 22.0 Å². The number of amides is 1. The van der Waals surface area contributed by atoms with Gasteiger partial charge in [0.2, 0.25) is 5.91 Å². The lowest BCUT2D eigenvalue weighted by Gasteiger charge is -2.20. The summed E-state index contributed by atoms with van der Waals surface area (Å²) in [6.07, 6.45) is 0.523. The van der Waals surface area contributed by atoms with Crippen LogP contribution in [0, 0.1) is 19.8 Å². The molecule has 1 fully saturated rings. The second-order valence-corrected chi connectivity index (χ2v) is 8.16. The molecule has 0 saturated carbocycles. The van der Waals surface area contributed by atoms with Crippen molar-refractivity contribution in [1.29, 1.82) is 0 Å². The number of carbonyl (C=O) groups is 1. The van der Waals surface area contributed by atoms with Gasteiger partial charge in [0.15, 0.2) is 0 Å². The predicted octanol–water partition coefficient (Wildman–Crippen LogP) is 4.83. The maximum atomic E-state index is 12.8. The Balaban J connectivity index is 1.71. The zero-order chi connectivity index (χ0) is 19.1. The van der Waals surface area contributed by atoms with Gasteiger partial charge in [-0.3, -0.25) is 4.79 Å². The minimum absolute atomic E-state index is 0.129. The molecule has 0 N–H and O–H groups in total. The van der Waals surface area contributed by atoms with E-state index in [1.54, 1.807) is 0 Å². The molecule has 2 aromatic carbocycles. The topological polar surface area (TPSA) is 38.1 Å². The first-order valence-corrected chi connectivity index (χ1v) is 9.77. The highest BCUT2D eigenvalue weighted by Gasteiger charge is 2.35. The normalized spacial score (nSPS) is 17.4. The maximum absolute atomic E-state index is 12.8. The Labute approximate surface area is 160 Å². The number of fused-ring (bicyclic) bond motifs is 1. The molecule has 0 bridgehead atoms. The van der Waals surface area contributed by atoms with Crippen molar-refractivity contribution >= 4 is 22.6 Å². The highest BCUT2D eigenvalue weighted by Crippen LogP contribution is 2.35. The van der Waals surface area contributed by atoms with Gasteiger partial charge in [-0.05, 0) is 43.5 Å². The van der Waals surface area contributed by atoms with Gasteiger partial charge >= 0.3 is 0 Å². The summed E-state index contributed by atoms with van der Waals surface area (Å²) in [7, 11) is 0. The summed E-state index contributed by atoms with van der Waals surface area (Å²) in [5, 5.41) is 0. The summed E-state index contributed by atoms with van der Waals surface area (Å²) >= 11 is 0. The number of anilines is 1. The fourth-order valence-electron chi connectivity index (χ4n) is 4.18. The van der Waals surface area contributed by atoms with Crippen molar-refractivity contribution < 1.29 is 4.79 Å². The third-order valence-electron chi connectivity index (χ3n) is 5.37. The van der Waals surface area contributed by atoms with E-state index in [9.17, 15) is 4.79 Å². The van der Waals surface area contributed by atoms with Crippen LogP contribution in [0.3, 0.4) is 0 Å². The molecule has 0 aliphatic carbocycles. The van der Waals surface area contributed by atoms with Gasteiger partial charge in [0, 0.05) is 31.1 Å². The van der Waals surface area contributed by atoms with E-state index in [2.05, 4.69) is 68.7 Å². The van der Waals surface area contributed by atoms with E-state index in [0.717, 1.165) is 29.1 Å². The number of aromatic nitrogens is 2. The summed E-state index contributed by atoms with van der Waals surface area (Å²) in [5.74, 6) is 1.89. The van der Waals surface area contributed by atoms with E-state index in [1.807, 2.05) is 11.0 Å². The van der Waals surface area contributed by atoms with Gasteiger partial charge in [-0.15, -0.1) is 0 Å². The van der Waals surface area contributed by atoms with Crippen LogP contribution in [0.2, 0.25) is 0 Å². The van der Waals surface area contributed by atoms with Crippen LogP contribution in [0.1, 0.15) is 43.1 Å². The van der Waals surface area contributed by atoms with E-state index < -0.39 is 0 Å². The van der Waals surface area contributed by atoms with Gasteiger partial charge in [0.25, 0.3) is 0 Å². The number of hydrogen-bond acceptors (Lipinski definition) is 2. The van der Waals surface area contributed by atoms with Gasteiger partial charge in [-0.1, -0.05) is 43.7 Å². The van der Waals surface area contributed by atoms with Crippen LogP contribution in [-0.2, 0) is 11.3 Å². The summed E-state index contributed by atoms with van der Waals surface area (Å²) in [6, 6.07) is 14.6. The quantitative estimate of drug-likeness (QED) is 0.667. The third kappa shape index (κ3) is 3.25. The van der Waals surface area contributed by atoms with Crippen LogP contribution < -0.4 is 4.90 Å². The number of benzene rings is 2. The van der Waals surface area contributed by atoms with Crippen LogP contribution in [0.5, 0.6) is 0 Å². The first-order valence-electron chi connectivity index (χ1n) is 9.77. The highest BCUT2D eigenvalue weighted by atomic mass is 16.2. The predicted molar refractivity (Wildman–Crippen MR) is 110 cm³/mol. The fourth-order valence-corrected chi connectivity index (χ4v) is 4.18. The highest BCUT2D eigenvalue weighted by molar-refractivity contribution is 5.97. The Morgan fingerprint density at radius 3 is 2.67 bits per heavy atom. The molecule has 0 radical (unpaired) electrons. The number of aryl methyl sites for hydroxylation is 2. The summed E-state index contributed by atoms with van der Waals surface area (Å²) in [5.41, 5.74) is 5.58. The van der Waals surface area contributed by atoms with E-state index in [0.29, 0.717) is 18.9 Å². The lowest BCUT2D eigenvalue weighted by molar-refractivity contribution is -0.117. The number of rotatable bonds is 4. The Hall–Kier alpha value is -2.62. The number of para-hydroxylation sites is 2. The lowest BCUT2D eigenvalue weighted by Crippen LogP contribution is -2.25. The third-order valence-corrected chi connectivity index (χ3v) is 5.37. The smallest absolute Gasteiger partial charge is 0.227 e. The lowest BCUT2D eigenvalue weighted by atomic mass is 10.1. The molecule has 1 amide bonds. The number of carbonyl (C=O) groups excluding carboxylic acids is 1. The molecule has 4 heteroatoms. The second kappa shape index (κ2) is 6.84. The van der Waals surface area contributed by atoms with Crippen molar-refractivity contribution in [2.24, 2.45) is 5.92 Å². The minimum Gasteiger partial charge on any atom is -0.327 e. The van der Waals surface area contributed by atoms with Crippen molar-refractivity contribution in [2.45, 2.75) is 46.6 Å². The van der Waals surface area contributed by atoms with Crippen molar-refractivity contribution in [3.8, 4) is 0 Å².